The Balaban J connectivity index is 2.25. The molecule has 1 aliphatic rings. The van der Waals surface area contributed by atoms with Gasteiger partial charge in [-0.25, -0.2) is 0 Å². The van der Waals surface area contributed by atoms with Gasteiger partial charge < -0.3 is 10.6 Å². The highest BCUT2D eigenvalue weighted by Gasteiger charge is 2.19. The van der Waals surface area contributed by atoms with Gasteiger partial charge in [-0.3, -0.25) is 0 Å². The second-order valence-corrected chi connectivity index (χ2v) is 6.08. The van der Waals surface area contributed by atoms with Crippen molar-refractivity contribution in [2.24, 2.45) is 11.7 Å². The van der Waals surface area contributed by atoms with Gasteiger partial charge in [-0.2, -0.15) is 0 Å². The lowest BCUT2D eigenvalue weighted by Crippen LogP contribution is -2.35. The van der Waals surface area contributed by atoms with Crippen LogP contribution in [0.5, 0.6) is 0 Å². The van der Waals surface area contributed by atoms with Crippen LogP contribution in [0.2, 0.25) is 5.02 Å². The van der Waals surface area contributed by atoms with Crippen LogP contribution in [0.25, 0.3) is 0 Å². The van der Waals surface area contributed by atoms with E-state index in [1.807, 2.05) is 13.0 Å². The number of nitrogens with two attached hydrogens (primary N) is 1. The molecule has 0 aliphatic carbocycles. The molecule has 3 heteroatoms. The quantitative estimate of drug-likeness (QED) is 0.908. The standard InChI is InChI=1S/C15H23ClN2/c1-11-4-3-7-18(10-11)15-6-5-14(16)9-13(15)8-12(2)17/h5-6,9,11-12H,3-4,7-8,10,17H2,1-2H3. The second kappa shape index (κ2) is 5.94. The molecule has 0 amide bonds. The van der Waals surface area contributed by atoms with Crippen LogP contribution in [0.4, 0.5) is 5.69 Å². The minimum atomic E-state index is 0.171. The molecule has 18 heavy (non-hydrogen) atoms. The van der Waals surface area contributed by atoms with Gasteiger partial charge in [-0.05, 0) is 55.9 Å². The van der Waals surface area contributed by atoms with Crippen LogP contribution in [-0.2, 0) is 6.42 Å². The molecule has 1 saturated heterocycles. The molecular formula is C15H23ClN2. The van der Waals surface area contributed by atoms with Gasteiger partial charge in [0, 0.05) is 29.8 Å². The van der Waals surface area contributed by atoms with Gasteiger partial charge in [0.05, 0.1) is 0 Å². The average molecular weight is 267 g/mol. The molecule has 1 aromatic rings. The van der Waals surface area contributed by atoms with Crippen LogP contribution in [0.1, 0.15) is 32.3 Å². The summed E-state index contributed by atoms with van der Waals surface area (Å²) in [6.07, 6.45) is 3.51. The molecule has 1 heterocycles. The maximum absolute atomic E-state index is 6.11. The lowest BCUT2D eigenvalue weighted by atomic mass is 9.97. The smallest absolute Gasteiger partial charge is 0.0410 e. The molecule has 2 N–H and O–H groups in total. The van der Waals surface area contributed by atoms with Crippen molar-refractivity contribution in [3.05, 3.63) is 28.8 Å². The Bertz CT molecular complexity index is 403. The minimum Gasteiger partial charge on any atom is -0.371 e. The summed E-state index contributed by atoms with van der Waals surface area (Å²) >= 11 is 6.11. The van der Waals surface area contributed by atoms with E-state index in [1.54, 1.807) is 0 Å². The van der Waals surface area contributed by atoms with Gasteiger partial charge in [-0.15, -0.1) is 0 Å². The molecule has 0 saturated carbocycles. The predicted octanol–water partition coefficient (Wildman–Crippen LogP) is 3.47. The van der Waals surface area contributed by atoms with E-state index in [4.69, 9.17) is 17.3 Å². The van der Waals surface area contributed by atoms with Crippen molar-refractivity contribution in [2.75, 3.05) is 18.0 Å². The van der Waals surface area contributed by atoms with Gasteiger partial charge in [-0.1, -0.05) is 18.5 Å². The van der Waals surface area contributed by atoms with Gasteiger partial charge in [0.15, 0.2) is 0 Å². The minimum absolute atomic E-state index is 0.171. The summed E-state index contributed by atoms with van der Waals surface area (Å²) in [4.78, 5) is 2.49. The number of halogens is 1. The number of benzene rings is 1. The number of piperidine rings is 1. The number of hydrogen-bond donors (Lipinski definition) is 1. The van der Waals surface area contributed by atoms with Crippen LogP contribution in [-0.4, -0.2) is 19.1 Å². The van der Waals surface area contributed by atoms with Crippen molar-refractivity contribution < 1.29 is 0 Å². The van der Waals surface area contributed by atoms with Gasteiger partial charge >= 0.3 is 0 Å². The van der Waals surface area contributed by atoms with Crippen LogP contribution in [0.3, 0.4) is 0 Å². The van der Waals surface area contributed by atoms with Gasteiger partial charge in [0.25, 0.3) is 0 Å². The summed E-state index contributed by atoms with van der Waals surface area (Å²) in [6, 6.07) is 6.38. The van der Waals surface area contributed by atoms with Crippen molar-refractivity contribution in [2.45, 2.75) is 39.2 Å². The van der Waals surface area contributed by atoms with Gasteiger partial charge in [0.2, 0.25) is 0 Å². The molecule has 2 unspecified atom stereocenters. The topological polar surface area (TPSA) is 29.3 Å². The highest BCUT2D eigenvalue weighted by molar-refractivity contribution is 6.30. The first-order valence-corrected chi connectivity index (χ1v) is 7.23. The lowest BCUT2D eigenvalue weighted by Gasteiger charge is -2.34. The molecule has 1 aromatic carbocycles. The number of anilines is 1. The maximum Gasteiger partial charge on any atom is 0.0410 e. The zero-order chi connectivity index (χ0) is 13.1. The molecule has 2 atom stereocenters. The fourth-order valence-electron chi connectivity index (χ4n) is 2.78. The predicted molar refractivity (Wildman–Crippen MR) is 79.4 cm³/mol. The van der Waals surface area contributed by atoms with Crippen molar-refractivity contribution >= 4 is 17.3 Å². The van der Waals surface area contributed by atoms with Crippen LogP contribution >= 0.6 is 11.6 Å². The van der Waals surface area contributed by atoms with Crippen molar-refractivity contribution in [1.82, 2.24) is 0 Å². The van der Waals surface area contributed by atoms with E-state index in [2.05, 4.69) is 24.0 Å². The molecular weight excluding hydrogens is 244 g/mol. The largest absolute Gasteiger partial charge is 0.371 e. The summed E-state index contributed by atoms with van der Waals surface area (Å²) in [5, 5.41) is 0.805. The highest BCUT2D eigenvalue weighted by Crippen LogP contribution is 2.29. The molecule has 0 aromatic heterocycles. The zero-order valence-electron chi connectivity index (χ0n) is 11.3. The maximum atomic E-state index is 6.11. The van der Waals surface area contributed by atoms with E-state index in [9.17, 15) is 0 Å². The van der Waals surface area contributed by atoms with E-state index in [1.165, 1.54) is 24.1 Å². The number of rotatable bonds is 3. The van der Waals surface area contributed by atoms with E-state index < -0.39 is 0 Å². The Kier molecular flexibility index (Phi) is 4.52. The van der Waals surface area contributed by atoms with Crippen molar-refractivity contribution in [3.63, 3.8) is 0 Å². The summed E-state index contributed by atoms with van der Waals surface area (Å²) in [5.74, 6) is 0.776. The summed E-state index contributed by atoms with van der Waals surface area (Å²) in [7, 11) is 0. The number of nitrogens with zero attached hydrogens (tertiary/aromatic N) is 1. The number of hydrogen-bond acceptors (Lipinski definition) is 2. The first-order valence-electron chi connectivity index (χ1n) is 6.85. The fraction of sp³-hybridized carbons (Fsp3) is 0.600. The Morgan fingerprint density at radius 1 is 1.50 bits per heavy atom. The molecule has 2 rings (SSSR count). The highest BCUT2D eigenvalue weighted by atomic mass is 35.5. The average Bonchev–Trinajstić information content (AvgIpc) is 2.28. The molecule has 0 radical (unpaired) electrons. The molecule has 0 bridgehead atoms. The summed E-state index contributed by atoms with van der Waals surface area (Å²) in [6.45, 7) is 6.67. The first kappa shape index (κ1) is 13.7. The summed E-state index contributed by atoms with van der Waals surface area (Å²) < 4.78 is 0. The SMILES string of the molecule is CC(N)Cc1cc(Cl)ccc1N1CCCC(C)C1. The normalized spacial score (nSPS) is 22.0. The monoisotopic (exact) mass is 266 g/mol. The second-order valence-electron chi connectivity index (χ2n) is 5.65. The zero-order valence-corrected chi connectivity index (χ0v) is 12.1. The molecule has 0 spiro atoms. The third-order valence-electron chi connectivity index (χ3n) is 3.58. The van der Waals surface area contributed by atoms with Crippen LogP contribution < -0.4 is 10.6 Å². The van der Waals surface area contributed by atoms with E-state index >= 15 is 0 Å². The third-order valence-corrected chi connectivity index (χ3v) is 3.82. The van der Waals surface area contributed by atoms with Crippen molar-refractivity contribution in [1.29, 1.82) is 0 Å². The Hall–Kier alpha value is -0.730. The molecule has 2 nitrogen and oxygen atoms in total. The third kappa shape index (κ3) is 3.39. The van der Waals surface area contributed by atoms with E-state index in [-0.39, 0.29) is 6.04 Å². The Morgan fingerprint density at radius 2 is 2.28 bits per heavy atom. The Labute approximate surface area is 115 Å². The van der Waals surface area contributed by atoms with E-state index in [0.717, 1.165) is 30.5 Å². The lowest BCUT2D eigenvalue weighted by molar-refractivity contribution is 0.446. The first-order chi connectivity index (χ1) is 8.56. The van der Waals surface area contributed by atoms with E-state index in [0.29, 0.717) is 0 Å². The molecule has 100 valence electrons. The Morgan fingerprint density at radius 3 is 2.94 bits per heavy atom. The summed E-state index contributed by atoms with van der Waals surface area (Å²) in [5.41, 5.74) is 8.54. The van der Waals surface area contributed by atoms with Crippen LogP contribution in [0.15, 0.2) is 18.2 Å². The van der Waals surface area contributed by atoms with Gasteiger partial charge in [0.1, 0.15) is 0 Å². The molecule has 1 fully saturated rings. The molecule has 1 aliphatic heterocycles. The van der Waals surface area contributed by atoms with Crippen molar-refractivity contribution in [3.8, 4) is 0 Å². The van der Waals surface area contributed by atoms with Crippen LogP contribution in [0, 0.1) is 5.92 Å². The fourth-order valence-corrected chi connectivity index (χ4v) is 2.98.